The fourth-order valence-electron chi connectivity index (χ4n) is 4.74. The molecule has 0 bridgehead atoms. The Bertz CT molecular complexity index is 902. The number of carbonyl (C=O) groups is 1. The van der Waals surface area contributed by atoms with Gasteiger partial charge in [-0.15, -0.1) is 0 Å². The Kier molecular flexibility index (Phi) is 5.95. The van der Waals surface area contributed by atoms with Gasteiger partial charge in [0.15, 0.2) is 0 Å². The van der Waals surface area contributed by atoms with Gasteiger partial charge in [0.05, 0.1) is 24.5 Å². The Hall–Kier alpha value is -1.88. The third-order valence-corrected chi connectivity index (χ3v) is 6.86. The number of rotatable bonds is 4. The summed E-state index contributed by atoms with van der Waals surface area (Å²) < 4.78 is 16.1. The number of fused-ring (bicyclic) bond motifs is 1. The lowest BCUT2D eigenvalue weighted by molar-refractivity contribution is -0.133. The third-order valence-electron chi connectivity index (χ3n) is 6.63. The van der Waals surface area contributed by atoms with Gasteiger partial charge in [0.2, 0.25) is 5.91 Å². The minimum absolute atomic E-state index is 0.248. The molecule has 0 N–H and O–H groups in total. The number of carbonyl (C=O) groups excluding carboxylic acids is 1. The SMILES string of the molecule is Cc1nn(Cc2ccc(Cl)cc2F)c2c1CCN(C(=O)CC1CCC(C)CC1)C2. The average Bonchev–Trinajstić information content (AvgIpc) is 3.01. The number of halogens is 2. The summed E-state index contributed by atoms with van der Waals surface area (Å²) in [7, 11) is 0. The van der Waals surface area contributed by atoms with Crippen LogP contribution < -0.4 is 0 Å². The summed E-state index contributed by atoms with van der Waals surface area (Å²) in [5.74, 6) is 1.24. The molecule has 1 fully saturated rings. The lowest BCUT2D eigenvalue weighted by atomic mass is 9.81. The van der Waals surface area contributed by atoms with Crippen LogP contribution in [-0.4, -0.2) is 27.1 Å². The molecule has 0 unspecified atom stereocenters. The van der Waals surface area contributed by atoms with E-state index in [1.807, 2.05) is 16.5 Å². The number of aryl methyl sites for hydroxylation is 1. The molecule has 1 aliphatic carbocycles. The van der Waals surface area contributed by atoms with Gasteiger partial charge in [0, 0.05) is 23.6 Å². The lowest BCUT2D eigenvalue weighted by Gasteiger charge is -2.31. The molecule has 0 atom stereocenters. The first kappa shape index (κ1) is 20.4. The molecule has 0 radical (unpaired) electrons. The molecule has 1 aromatic carbocycles. The molecular formula is C23H29ClFN3O. The molecule has 1 aliphatic heterocycles. The highest BCUT2D eigenvalue weighted by Gasteiger charge is 2.28. The van der Waals surface area contributed by atoms with E-state index in [0.717, 1.165) is 30.3 Å². The number of benzene rings is 1. The van der Waals surface area contributed by atoms with Gasteiger partial charge in [-0.2, -0.15) is 5.10 Å². The van der Waals surface area contributed by atoms with Crippen molar-refractivity contribution in [2.45, 2.75) is 65.5 Å². The fourth-order valence-corrected chi connectivity index (χ4v) is 4.90. The molecule has 0 spiro atoms. The van der Waals surface area contributed by atoms with Gasteiger partial charge in [0.1, 0.15) is 5.82 Å². The van der Waals surface area contributed by atoms with Crippen molar-refractivity contribution in [1.29, 1.82) is 0 Å². The van der Waals surface area contributed by atoms with E-state index >= 15 is 0 Å². The highest BCUT2D eigenvalue weighted by atomic mass is 35.5. The number of nitrogens with zero attached hydrogens (tertiary/aromatic N) is 3. The Labute approximate surface area is 177 Å². The maximum atomic E-state index is 14.3. The number of amides is 1. The van der Waals surface area contributed by atoms with Gasteiger partial charge in [-0.1, -0.05) is 37.4 Å². The molecule has 2 aliphatic rings. The summed E-state index contributed by atoms with van der Waals surface area (Å²) in [4.78, 5) is 14.9. The van der Waals surface area contributed by atoms with Crippen LogP contribution in [0, 0.1) is 24.6 Å². The van der Waals surface area contributed by atoms with Crippen LogP contribution in [0.15, 0.2) is 18.2 Å². The first-order valence-corrected chi connectivity index (χ1v) is 11.1. The molecule has 2 heterocycles. The molecule has 4 nitrogen and oxygen atoms in total. The standard InChI is InChI=1S/C23H29ClFN3O/c1-15-3-5-17(6-4-15)11-23(29)27-10-9-20-16(2)26-28(22(20)14-27)13-18-7-8-19(24)12-21(18)25/h7-8,12,15,17H,3-6,9-11,13-14H2,1-2H3. The van der Waals surface area contributed by atoms with Crippen LogP contribution in [0.1, 0.15) is 61.5 Å². The van der Waals surface area contributed by atoms with E-state index in [1.54, 1.807) is 12.1 Å². The highest BCUT2D eigenvalue weighted by molar-refractivity contribution is 6.30. The first-order valence-electron chi connectivity index (χ1n) is 10.7. The molecule has 6 heteroatoms. The van der Waals surface area contributed by atoms with E-state index < -0.39 is 0 Å². The second kappa shape index (κ2) is 8.47. The topological polar surface area (TPSA) is 38.1 Å². The number of hydrogen-bond acceptors (Lipinski definition) is 2. The van der Waals surface area contributed by atoms with E-state index in [9.17, 15) is 9.18 Å². The summed E-state index contributed by atoms with van der Waals surface area (Å²) >= 11 is 5.87. The Morgan fingerprint density at radius 2 is 2.03 bits per heavy atom. The van der Waals surface area contributed by atoms with Crippen molar-refractivity contribution in [3.8, 4) is 0 Å². The fraction of sp³-hybridized carbons (Fsp3) is 0.565. The van der Waals surface area contributed by atoms with Gasteiger partial charge >= 0.3 is 0 Å². The molecular weight excluding hydrogens is 389 g/mol. The third kappa shape index (κ3) is 4.50. The maximum absolute atomic E-state index is 14.3. The second-order valence-electron chi connectivity index (χ2n) is 8.80. The normalized spacial score (nSPS) is 21.9. The van der Waals surface area contributed by atoms with E-state index in [1.165, 1.54) is 37.3 Å². The molecule has 29 heavy (non-hydrogen) atoms. The predicted octanol–water partition coefficient (Wildman–Crippen LogP) is 5.13. The molecule has 1 amide bonds. The minimum atomic E-state index is -0.324. The molecule has 4 rings (SSSR count). The Morgan fingerprint density at radius 3 is 2.76 bits per heavy atom. The monoisotopic (exact) mass is 417 g/mol. The number of aromatic nitrogens is 2. The van der Waals surface area contributed by atoms with Crippen molar-refractivity contribution >= 4 is 17.5 Å². The van der Waals surface area contributed by atoms with E-state index in [-0.39, 0.29) is 11.7 Å². The Morgan fingerprint density at radius 1 is 1.28 bits per heavy atom. The van der Waals surface area contributed by atoms with Gasteiger partial charge in [-0.3, -0.25) is 9.48 Å². The van der Waals surface area contributed by atoms with Crippen LogP contribution in [0.5, 0.6) is 0 Å². The molecule has 1 aromatic heterocycles. The predicted molar refractivity (Wildman–Crippen MR) is 112 cm³/mol. The van der Waals surface area contributed by atoms with E-state index in [0.29, 0.717) is 36.0 Å². The van der Waals surface area contributed by atoms with Crippen molar-refractivity contribution in [3.63, 3.8) is 0 Å². The highest BCUT2D eigenvalue weighted by Crippen LogP contribution is 2.32. The van der Waals surface area contributed by atoms with Crippen molar-refractivity contribution in [3.05, 3.63) is 51.6 Å². The zero-order chi connectivity index (χ0) is 20.5. The van der Waals surface area contributed by atoms with Crippen molar-refractivity contribution in [2.24, 2.45) is 11.8 Å². The molecule has 1 saturated carbocycles. The van der Waals surface area contributed by atoms with Crippen LogP contribution in [0.2, 0.25) is 5.02 Å². The molecule has 0 saturated heterocycles. The van der Waals surface area contributed by atoms with E-state index in [4.69, 9.17) is 11.6 Å². The molecule has 156 valence electrons. The second-order valence-corrected chi connectivity index (χ2v) is 9.24. The Balaban J connectivity index is 1.47. The summed E-state index contributed by atoms with van der Waals surface area (Å²) in [6.07, 6.45) is 6.28. The van der Waals surface area contributed by atoms with Crippen LogP contribution in [0.3, 0.4) is 0 Å². The average molecular weight is 418 g/mol. The summed E-state index contributed by atoms with van der Waals surface area (Å²) in [5.41, 5.74) is 3.77. The quantitative estimate of drug-likeness (QED) is 0.691. The molecule has 2 aromatic rings. The lowest BCUT2D eigenvalue weighted by Crippen LogP contribution is -2.38. The summed E-state index contributed by atoms with van der Waals surface area (Å²) in [5, 5.41) is 5.04. The van der Waals surface area contributed by atoms with Crippen molar-refractivity contribution in [1.82, 2.24) is 14.7 Å². The van der Waals surface area contributed by atoms with Crippen molar-refractivity contribution < 1.29 is 9.18 Å². The van der Waals surface area contributed by atoms with Crippen molar-refractivity contribution in [2.75, 3.05) is 6.54 Å². The zero-order valence-corrected chi connectivity index (χ0v) is 18.0. The van der Waals surface area contributed by atoms with Crippen LogP contribution in [0.25, 0.3) is 0 Å². The largest absolute Gasteiger partial charge is 0.336 e. The summed E-state index contributed by atoms with van der Waals surface area (Å²) in [6.45, 7) is 5.96. The number of hydrogen-bond donors (Lipinski definition) is 0. The maximum Gasteiger partial charge on any atom is 0.223 e. The van der Waals surface area contributed by atoms with Crippen LogP contribution >= 0.6 is 11.6 Å². The minimum Gasteiger partial charge on any atom is -0.336 e. The smallest absolute Gasteiger partial charge is 0.223 e. The van der Waals surface area contributed by atoms with Gasteiger partial charge in [0.25, 0.3) is 0 Å². The van der Waals surface area contributed by atoms with Gasteiger partial charge in [-0.05, 0) is 55.7 Å². The summed E-state index contributed by atoms with van der Waals surface area (Å²) in [6, 6.07) is 4.74. The van der Waals surface area contributed by atoms with Gasteiger partial charge in [-0.25, -0.2) is 4.39 Å². The van der Waals surface area contributed by atoms with E-state index in [2.05, 4.69) is 12.0 Å². The van der Waals surface area contributed by atoms with Crippen LogP contribution in [-0.2, 0) is 24.3 Å². The van der Waals surface area contributed by atoms with Gasteiger partial charge < -0.3 is 4.90 Å². The first-order chi connectivity index (χ1) is 13.9. The van der Waals surface area contributed by atoms with Crippen LogP contribution in [0.4, 0.5) is 4.39 Å². The zero-order valence-electron chi connectivity index (χ0n) is 17.3.